The predicted molar refractivity (Wildman–Crippen MR) is 130 cm³/mol. The van der Waals surface area contributed by atoms with E-state index in [-0.39, 0.29) is 6.10 Å². The van der Waals surface area contributed by atoms with Crippen molar-refractivity contribution < 1.29 is 9.90 Å². The number of aliphatic hydroxyl groups excluding tert-OH is 1. The lowest BCUT2D eigenvalue weighted by Gasteiger charge is -2.58. The maximum Gasteiger partial charge on any atom is 0.222 e. The van der Waals surface area contributed by atoms with Crippen molar-refractivity contribution in [2.24, 2.45) is 46.3 Å². The Morgan fingerprint density at radius 3 is 2.72 bits per heavy atom. The number of aliphatic hydroxyl groups is 1. The Morgan fingerprint density at radius 1 is 1.16 bits per heavy atom. The lowest BCUT2D eigenvalue weighted by molar-refractivity contribution is -0.130. The van der Waals surface area contributed by atoms with Crippen molar-refractivity contribution in [3.05, 3.63) is 11.6 Å². The number of fused-ring (bicyclic) bond motifs is 5. The fraction of sp³-hybridized carbons (Fsp3) is 0.897. The second-order valence-corrected chi connectivity index (χ2v) is 13.1. The standard InChI is InChI=1S/C29H47NO2/c1-19-13-16-30(18-19)27(32)10-5-20(2)24-8-9-25-23-7-6-21-17-22(31)11-14-28(21,3)26(23)12-15-29(24,25)4/h6,19-20,22-26,31H,5,7-18H2,1-4H3/t19?,20?,22-,23-,24+,25-,26-,28-,29+/m0/s1. The third kappa shape index (κ3) is 3.69. The Kier molecular flexibility index (Phi) is 6.05. The van der Waals surface area contributed by atoms with Crippen LogP contribution in [0.5, 0.6) is 0 Å². The van der Waals surface area contributed by atoms with Crippen molar-refractivity contribution in [2.45, 2.75) is 104 Å². The molecule has 4 aliphatic carbocycles. The van der Waals surface area contributed by atoms with Gasteiger partial charge in [-0.2, -0.15) is 0 Å². The highest BCUT2D eigenvalue weighted by Crippen LogP contribution is 2.67. The fourth-order valence-corrected chi connectivity index (χ4v) is 9.49. The predicted octanol–water partition coefficient (Wildman–Crippen LogP) is 6.21. The molecule has 9 atom stereocenters. The van der Waals surface area contributed by atoms with Crippen LogP contribution in [0.15, 0.2) is 11.6 Å². The summed E-state index contributed by atoms with van der Waals surface area (Å²) in [5.74, 6) is 5.03. The molecule has 3 heteroatoms. The van der Waals surface area contributed by atoms with Gasteiger partial charge in [-0.3, -0.25) is 4.79 Å². The first-order valence-electron chi connectivity index (χ1n) is 13.9. The molecule has 5 aliphatic rings. The zero-order chi connectivity index (χ0) is 22.7. The first kappa shape index (κ1) is 22.9. The molecule has 0 spiro atoms. The number of hydrogen-bond acceptors (Lipinski definition) is 2. The molecule has 1 saturated heterocycles. The van der Waals surface area contributed by atoms with Gasteiger partial charge in [-0.25, -0.2) is 0 Å². The fourth-order valence-electron chi connectivity index (χ4n) is 9.49. The van der Waals surface area contributed by atoms with Crippen LogP contribution in [0.25, 0.3) is 0 Å². The maximum atomic E-state index is 12.8. The van der Waals surface area contributed by atoms with E-state index in [1.165, 1.54) is 44.9 Å². The quantitative estimate of drug-likeness (QED) is 0.527. The van der Waals surface area contributed by atoms with Gasteiger partial charge in [-0.15, -0.1) is 0 Å². The van der Waals surface area contributed by atoms with Gasteiger partial charge in [0.2, 0.25) is 5.91 Å². The van der Waals surface area contributed by atoms with Gasteiger partial charge < -0.3 is 10.0 Å². The molecule has 0 radical (unpaired) electrons. The Labute approximate surface area is 196 Å². The monoisotopic (exact) mass is 441 g/mol. The first-order chi connectivity index (χ1) is 15.2. The maximum absolute atomic E-state index is 12.8. The highest BCUT2D eigenvalue weighted by molar-refractivity contribution is 5.76. The summed E-state index contributed by atoms with van der Waals surface area (Å²) < 4.78 is 0. The molecule has 1 aliphatic heterocycles. The van der Waals surface area contributed by atoms with E-state index in [0.717, 1.165) is 62.4 Å². The van der Waals surface area contributed by atoms with Gasteiger partial charge in [0.15, 0.2) is 0 Å². The molecule has 1 amide bonds. The van der Waals surface area contributed by atoms with E-state index in [2.05, 4.69) is 38.7 Å². The minimum atomic E-state index is -0.108. The number of carbonyl (C=O) groups is 1. The van der Waals surface area contributed by atoms with Gasteiger partial charge in [-0.05, 0) is 111 Å². The molecule has 0 aromatic heterocycles. The molecule has 32 heavy (non-hydrogen) atoms. The summed E-state index contributed by atoms with van der Waals surface area (Å²) in [4.78, 5) is 14.9. The van der Waals surface area contributed by atoms with Crippen LogP contribution in [0.1, 0.15) is 98.3 Å². The third-order valence-electron chi connectivity index (χ3n) is 11.4. The molecular formula is C29H47NO2. The van der Waals surface area contributed by atoms with Crippen molar-refractivity contribution in [1.82, 2.24) is 4.90 Å². The second kappa shape index (κ2) is 8.43. The largest absolute Gasteiger partial charge is 0.393 e. The Bertz CT molecular complexity index is 760. The molecule has 0 aromatic carbocycles. The van der Waals surface area contributed by atoms with Crippen molar-refractivity contribution >= 4 is 5.91 Å². The molecule has 180 valence electrons. The Morgan fingerprint density at radius 2 is 1.97 bits per heavy atom. The van der Waals surface area contributed by atoms with Crippen LogP contribution in [0.2, 0.25) is 0 Å². The average Bonchev–Trinajstić information content (AvgIpc) is 3.35. The topological polar surface area (TPSA) is 40.5 Å². The second-order valence-electron chi connectivity index (χ2n) is 13.1. The molecule has 1 N–H and O–H groups in total. The zero-order valence-electron chi connectivity index (χ0n) is 21.1. The summed E-state index contributed by atoms with van der Waals surface area (Å²) in [5, 5.41) is 10.2. The molecule has 3 nitrogen and oxygen atoms in total. The molecule has 3 saturated carbocycles. The van der Waals surface area contributed by atoms with E-state index < -0.39 is 0 Å². The number of allylic oxidation sites excluding steroid dienone is 1. The minimum absolute atomic E-state index is 0.108. The van der Waals surface area contributed by atoms with Crippen LogP contribution in [-0.2, 0) is 4.79 Å². The zero-order valence-corrected chi connectivity index (χ0v) is 21.1. The van der Waals surface area contributed by atoms with E-state index >= 15 is 0 Å². The normalized spacial score (nSPS) is 46.8. The van der Waals surface area contributed by atoms with Crippen LogP contribution in [-0.4, -0.2) is 35.1 Å². The molecule has 0 aromatic rings. The minimum Gasteiger partial charge on any atom is -0.393 e. The van der Waals surface area contributed by atoms with Crippen LogP contribution >= 0.6 is 0 Å². The van der Waals surface area contributed by atoms with Crippen molar-refractivity contribution in [3.8, 4) is 0 Å². The molecule has 4 fully saturated rings. The lowest BCUT2D eigenvalue weighted by Crippen LogP contribution is -2.50. The van der Waals surface area contributed by atoms with Gasteiger partial charge in [0.25, 0.3) is 0 Å². The number of likely N-dealkylation sites (tertiary alicyclic amines) is 1. The number of hydrogen-bond donors (Lipinski definition) is 1. The first-order valence-corrected chi connectivity index (χ1v) is 13.9. The van der Waals surface area contributed by atoms with E-state index in [1.807, 2.05) is 0 Å². The van der Waals surface area contributed by atoms with Gasteiger partial charge in [0.1, 0.15) is 0 Å². The van der Waals surface area contributed by atoms with E-state index in [0.29, 0.717) is 28.6 Å². The van der Waals surface area contributed by atoms with E-state index in [9.17, 15) is 9.90 Å². The molecule has 2 unspecified atom stereocenters. The summed E-state index contributed by atoms with van der Waals surface area (Å²) in [6.45, 7) is 11.8. The van der Waals surface area contributed by atoms with Gasteiger partial charge >= 0.3 is 0 Å². The van der Waals surface area contributed by atoms with E-state index in [1.54, 1.807) is 5.57 Å². The smallest absolute Gasteiger partial charge is 0.222 e. The van der Waals surface area contributed by atoms with Crippen LogP contribution in [0, 0.1) is 46.3 Å². The van der Waals surface area contributed by atoms with Crippen LogP contribution < -0.4 is 0 Å². The van der Waals surface area contributed by atoms with Gasteiger partial charge in [0, 0.05) is 19.5 Å². The summed E-state index contributed by atoms with van der Waals surface area (Å²) >= 11 is 0. The SMILES string of the molecule is CC1CCN(C(=O)CCC(C)[C@H]2CC[C@H]3[C@@H]4CC=C5C[C@@H](O)CC[C@]5(C)[C@H]4CC[C@]23C)C1. The Balaban J connectivity index is 1.25. The van der Waals surface area contributed by atoms with Crippen molar-refractivity contribution in [3.63, 3.8) is 0 Å². The Hall–Kier alpha value is -0.830. The van der Waals surface area contributed by atoms with Crippen LogP contribution in [0.4, 0.5) is 0 Å². The summed E-state index contributed by atoms with van der Waals surface area (Å²) in [7, 11) is 0. The molecule has 5 rings (SSSR count). The molecule has 0 bridgehead atoms. The van der Waals surface area contributed by atoms with E-state index in [4.69, 9.17) is 0 Å². The lowest BCUT2D eigenvalue weighted by atomic mass is 9.47. The number of carbonyl (C=O) groups excluding carboxylic acids is 1. The third-order valence-corrected chi connectivity index (χ3v) is 11.4. The molecule has 1 heterocycles. The summed E-state index contributed by atoms with van der Waals surface area (Å²) in [6, 6.07) is 0. The highest BCUT2D eigenvalue weighted by Gasteiger charge is 2.59. The summed E-state index contributed by atoms with van der Waals surface area (Å²) in [5.41, 5.74) is 2.38. The van der Waals surface area contributed by atoms with Crippen molar-refractivity contribution in [1.29, 1.82) is 0 Å². The number of rotatable bonds is 4. The number of nitrogens with zero attached hydrogens (tertiary/aromatic N) is 1. The highest BCUT2D eigenvalue weighted by atomic mass is 16.3. The van der Waals surface area contributed by atoms with Crippen LogP contribution in [0.3, 0.4) is 0 Å². The van der Waals surface area contributed by atoms with Gasteiger partial charge in [0.05, 0.1) is 6.10 Å². The van der Waals surface area contributed by atoms with Crippen molar-refractivity contribution in [2.75, 3.05) is 13.1 Å². The average molecular weight is 442 g/mol. The molecular weight excluding hydrogens is 394 g/mol. The number of amides is 1. The summed E-state index contributed by atoms with van der Waals surface area (Å²) in [6.07, 6.45) is 15.3. The van der Waals surface area contributed by atoms with Gasteiger partial charge in [-0.1, -0.05) is 39.3 Å².